The molecule has 0 bridgehead atoms. The SMILES string of the molecule is Cc1cccc2sc(NC(=O)[C@@H]3CCCN(C(=O)c4ccco4)C3)nc12. The first kappa shape index (κ1) is 16.8. The molecule has 0 aliphatic carbocycles. The number of aromatic nitrogens is 1. The minimum atomic E-state index is -0.240. The highest BCUT2D eigenvalue weighted by molar-refractivity contribution is 7.22. The summed E-state index contributed by atoms with van der Waals surface area (Å²) in [6, 6.07) is 9.33. The molecule has 3 heterocycles. The number of hydrogen-bond acceptors (Lipinski definition) is 5. The van der Waals surface area contributed by atoms with Crippen molar-refractivity contribution in [2.45, 2.75) is 19.8 Å². The molecule has 1 aromatic carbocycles. The molecule has 0 radical (unpaired) electrons. The van der Waals surface area contributed by atoms with Crippen molar-refractivity contribution in [3.8, 4) is 0 Å². The average molecular weight is 369 g/mol. The third-order valence-electron chi connectivity index (χ3n) is 4.66. The number of likely N-dealkylation sites (tertiary alicyclic amines) is 1. The number of amides is 2. The minimum Gasteiger partial charge on any atom is -0.459 e. The summed E-state index contributed by atoms with van der Waals surface area (Å²) in [6.07, 6.45) is 3.04. The van der Waals surface area contributed by atoms with Crippen LogP contribution in [0, 0.1) is 12.8 Å². The molecule has 1 atom stereocenters. The standard InChI is InChI=1S/C19H19N3O3S/c1-12-5-2-8-15-16(12)20-19(26-15)21-17(23)13-6-3-9-22(11-13)18(24)14-7-4-10-25-14/h2,4-5,7-8,10,13H,3,6,9,11H2,1H3,(H,20,21,23)/t13-/m1/s1. The van der Waals surface area contributed by atoms with E-state index in [0.29, 0.717) is 24.0 Å². The second kappa shape index (κ2) is 6.92. The molecule has 6 nitrogen and oxygen atoms in total. The number of aryl methyl sites for hydroxylation is 1. The number of fused-ring (bicyclic) bond motifs is 1. The monoisotopic (exact) mass is 369 g/mol. The number of nitrogens with one attached hydrogen (secondary N) is 1. The van der Waals surface area contributed by atoms with Crippen LogP contribution in [0.2, 0.25) is 0 Å². The van der Waals surface area contributed by atoms with Gasteiger partial charge in [-0.2, -0.15) is 0 Å². The van der Waals surface area contributed by atoms with Crippen LogP contribution in [0.4, 0.5) is 5.13 Å². The van der Waals surface area contributed by atoms with Crippen molar-refractivity contribution in [2.75, 3.05) is 18.4 Å². The minimum absolute atomic E-state index is 0.0846. The molecular weight excluding hydrogens is 350 g/mol. The van der Waals surface area contributed by atoms with Crippen molar-refractivity contribution in [3.05, 3.63) is 47.9 Å². The predicted molar refractivity (Wildman–Crippen MR) is 100 cm³/mol. The van der Waals surface area contributed by atoms with Gasteiger partial charge in [0.1, 0.15) is 0 Å². The Hall–Kier alpha value is -2.67. The largest absolute Gasteiger partial charge is 0.459 e. The fourth-order valence-electron chi connectivity index (χ4n) is 3.28. The van der Waals surface area contributed by atoms with Gasteiger partial charge >= 0.3 is 0 Å². The third kappa shape index (κ3) is 3.22. The summed E-state index contributed by atoms with van der Waals surface area (Å²) in [5, 5.41) is 3.53. The summed E-state index contributed by atoms with van der Waals surface area (Å²) < 4.78 is 6.24. The van der Waals surface area contributed by atoms with Crippen LogP contribution >= 0.6 is 11.3 Å². The van der Waals surface area contributed by atoms with E-state index < -0.39 is 0 Å². The van der Waals surface area contributed by atoms with Gasteiger partial charge in [-0.3, -0.25) is 9.59 Å². The van der Waals surface area contributed by atoms with Gasteiger partial charge in [0, 0.05) is 13.1 Å². The molecule has 1 aliphatic rings. The Kier molecular flexibility index (Phi) is 4.46. The molecule has 4 rings (SSSR count). The van der Waals surface area contributed by atoms with Gasteiger partial charge < -0.3 is 14.6 Å². The lowest BCUT2D eigenvalue weighted by Crippen LogP contribution is -2.43. The smallest absolute Gasteiger partial charge is 0.289 e. The zero-order valence-electron chi connectivity index (χ0n) is 14.4. The molecular formula is C19H19N3O3S. The summed E-state index contributed by atoms with van der Waals surface area (Å²) in [6.45, 7) is 3.05. The van der Waals surface area contributed by atoms with Gasteiger partial charge in [0.15, 0.2) is 10.9 Å². The van der Waals surface area contributed by atoms with Crippen LogP contribution in [0.1, 0.15) is 29.0 Å². The fraction of sp³-hybridized carbons (Fsp3) is 0.316. The Labute approximate surface area is 154 Å². The summed E-state index contributed by atoms with van der Waals surface area (Å²) in [4.78, 5) is 31.3. The second-order valence-corrected chi connectivity index (χ2v) is 7.53. The highest BCUT2D eigenvalue weighted by Gasteiger charge is 2.30. The first-order chi connectivity index (χ1) is 12.6. The number of para-hydroxylation sites is 1. The number of rotatable bonds is 3. The topological polar surface area (TPSA) is 75.4 Å². The number of carbonyl (C=O) groups excluding carboxylic acids is 2. The van der Waals surface area contributed by atoms with Crippen LogP contribution in [0.5, 0.6) is 0 Å². The number of thiazole rings is 1. The van der Waals surface area contributed by atoms with Crippen molar-refractivity contribution in [1.29, 1.82) is 0 Å². The maximum Gasteiger partial charge on any atom is 0.289 e. The fourth-order valence-corrected chi connectivity index (χ4v) is 4.23. The van der Waals surface area contributed by atoms with Crippen LogP contribution < -0.4 is 5.32 Å². The number of hydrogen-bond donors (Lipinski definition) is 1. The van der Waals surface area contributed by atoms with Gasteiger partial charge in [0.05, 0.1) is 22.4 Å². The van der Waals surface area contributed by atoms with Crippen molar-refractivity contribution in [2.24, 2.45) is 5.92 Å². The zero-order valence-corrected chi connectivity index (χ0v) is 15.2. The van der Waals surface area contributed by atoms with E-state index in [2.05, 4.69) is 10.3 Å². The van der Waals surface area contributed by atoms with E-state index in [1.54, 1.807) is 17.0 Å². The Morgan fingerprint density at radius 1 is 1.31 bits per heavy atom. The van der Waals surface area contributed by atoms with E-state index >= 15 is 0 Å². The van der Waals surface area contributed by atoms with Crippen molar-refractivity contribution in [3.63, 3.8) is 0 Å². The average Bonchev–Trinajstić information content (AvgIpc) is 3.31. The molecule has 0 spiro atoms. The van der Waals surface area contributed by atoms with Gasteiger partial charge in [-0.15, -0.1) is 0 Å². The molecule has 1 N–H and O–H groups in total. The van der Waals surface area contributed by atoms with Crippen LogP contribution in [0.3, 0.4) is 0 Å². The molecule has 1 fully saturated rings. The number of benzene rings is 1. The van der Waals surface area contributed by atoms with Crippen LogP contribution in [0.25, 0.3) is 10.2 Å². The lowest BCUT2D eigenvalue weighted by Gasteiger charge is -2.31. The molecule has 2 amide bonds. The number of piperidine rings is 1. The molecule has 3 aromatic rings. The zero-order chi connectivity index (χ0) is 18.1. The number of carbonyl (C=O) groups is 2. The van der Waals surface area contributed by atoms with Gasteiger partial charge in [0.25, 0.3) is 5.91 Å². The van der Waals surface area contributed by atoms with E-state index in [1.165, 1.54) is 17.6 Å². The molecule has 7 heteroatoms. The molecule has 1 aliphatic heterocycles. The number of nitrogens with zero attached hydrogens (tertiary/aromatic N) is 2. The maximum atomic E-state index is 12.7. The van der Waals surface area contributed by atoms with Crippen LogP contribution in [-0.2, 0) is 4.79 Å². The predicted octanol–water partition coefficient (Wildman–Crippen LogP) is 3.69. The molecule has 0 saturated carbocycles. The van der Waals surface area contributed by atoms with Crippen LogP contribution in [-0.4, -0.2) is 34.8 Å². The normalized spacial score (nSPS) is 17.4. The highest BCUT2D eigenvalue weighted by atomic mass is 32.1. The van der Waals surface area contributed by atoms with E-state index in [4.69, 9.17) is 4.42 Å². The summed E-state index contributed by atoms with van der Waals surface area (Å²) in [5.41, 5.74) is 2.01. The van der Waals surface area contributed by atoms with Gasteiger partial charge in [-0.05, 0) is 43.5 Å². The Morgan fingerprint density at radius 3 is 2.96 bits per heavy atom. The van der Waals surface area contributed by atoms with Gasteiger partial charge in [0.2, 0.25) is 5.91 Å². The van der Waals surface area contributed by atoms with Gasteiger partial charge in [-0.1, -0.05) is 23.5 Å². The van der Waals surface area contributed by atoms with E-state index in [-0.39, 0.29) is 17.7 Å². The van der Waals surface area contributed by atoms with Crippen LogP contribution in [0.15, 0.2) is 41.0 Å². The Balaban J connectivity index is 1.45. The first-order valence-electron chi connectivity index (χ1n) is 8.61. The van der Waals surface area contributed by atoms with E-state index in [0.717, 1.165) is 28.6 Å². The quantitative estimate of drug-likeness (QED) is 0.764. The van der Waals surface area contributed by atoms with Gasteiger partial charge in [-0.25, -0.2) is 4.98 Å². The third-order valence-corrected chi connectivity index (χ3v) is 5.60. The lowest BCUT2D eigenvalue weighted by molar-refractivity contribution is -0.121. The summed E-state index contributed by atoms with van der Waals surface area (Å²) in [7, 11) is 0. The summed E-state index contributed by atoms with van der Waals surface area (Å²) >= 11 is 1.47. The van der Waals surface area contributed by atoms with Crippen molar-refractivity contribution < 1.29 is 14.0 Å². The number of anilines is 1. The lowest BCUT2D eigenvalue weighted by atomic mass is 9.97. The van der Waals surface area contributed by atoms with Crippen molar-refractivity contribution >= 4 is 38.5 Å². The van der Waals surface area contributed by atoms with Crippen molar-refractivity contribution in [1.82, 2.24) is 9.88 Å². The highest BCUT2D eigenvalue weighted by Crippen LogP contribution is 2.29. The molecule has 26 heavy (non-hydrogen) atoms. The molecule has 0 unspecified atom stereocenters. The Morgan fingerprint density at radius 2 is 2.19 bits per heavy atom. The summed E-state index contributed by atoms with van der Waals surface area (Å²) in [5.74, 6) is -0.176. The second-order valence-electron chi connectivity index (χ2n) is 6.50. The maximum absolute atomic E-state index is 12.7. The Bertz CT molecular complexity index is 948. The van der Waals surface area contributed by atoms with E-state index in [1.807, 2.05) is 25.1 Å². The molecule has 2 aromatic heterocycles. The molecule has 1 saturated heterocycles. The number of furan rings is 1. The molecule has 134 valence electrons. The van der Waals surface area contributed by atoms with E-state index in [9.17, 15) is 9.59 Å². The first-order valence-corrected chi connectivity index (χ1v) is 9.43.